The topological polar surface area (TPSA) is 173 Å². The quantitative estimate of drug-likeness (QED) is 0.0657. The molecule has 0 fully saturated rings. The van der Waals surface area contributed by atoms with Crippen molar-refractivity contribution in [2.75, 3.05) is 0 Å². The molecule has 0 aliphatic carbocycles. The standard InChI is InChI=1S/2C18H22O5S.Ca/c2*1-2-3-4-5-8-14-11-15(19)13-16(12-14)23-17-9-6-7-10-18(17)24(20,21)22;/h2*6-7,9-13,19H,2-5,8H2,1H3,(H,20,21,22);/q;;+2/p-2. The molecule has 0 bridgehead atoms. The summed E-state index contributed by atoms with van der Waals surface area (Å²) in [7, 11) is -9.03. The number of hydrogen-bond donors (Lipinski definition) is 2. The van der Waals surface area contributed by atoms with Gasteiger partial charge in [0, 0.05) is 6.07 Å². The van der Waals surface area contributed by atoms with Gasteiger partial charge in [-0.3, -0.25) is 4.55 Å². The van der Waals surface area contributed by atoms with E-state index >= 15 is 0 Å². The molecule has 0 saturated carbocycles. The van der Waals surface area contributed by atoms with Crippen LogP contribution in [-0.4, -0.2) is 68.8 Å². The number of unbranched alkanes of at least 4 members (excludes halogenated alkanes) is 6. The molecule has 260 valence electrons. The molecule has 0 radical (unpaired) electrons. The Morgan fingerprint density at radius 2 is 1.10 bits per heavy atom. The average molecular weight is 739 g/mol. The number of aromatic hydroxyl groups is 1. The van der Waals surface area contributed by atoms with Crippen molar-refractivity contribution in [3.05, 3.63) is 96.1 Å². The monoisotopic (exact) mass is 738 g/mol. The largest absolute Gasteiger partial charge is 2.00 e. The summed E-state index contributed by atoms with van der Waals surface area (Å²) >= 11 is 0. The predicted octanol–water partition coefficient (Wildman–Crippen LogP) is 7.75. The van der Waals surface area contributed by atoms with E-state index in [4.69, 9.17) is 9.47 Å². The molecule has 0 heterocycles. The fraction of sp³-hybridized carbons (Fsp3) is 0.333. The molecule has 0 unspecified atom stereocenters. The van der Waals surface area contributed by atoms with Gasteiger partial charge in [0.05, 0.1) is 4.90 Å². The van der Waals surface area contributed by atoms with Crippen molar-refractivity contribution in [3.63, 3.8) is 0 Å². The molecule has 0 aliphatic rings. The van der Waals surface area contributed by atoms with E-state index in [1.54, 1.807) is 36.4 Å². The summed E-state index contributed by atoms with van der Waals surface area (Å²) in [5, 5.41) is 21.7. The molecule has 0 aliphatic heterocycles. The van der Waals surface area contributed by atoms with Gasteiger partial charge in [-0.15, -0.1) is 5.75 Å². The molecule has 0 aromatic heterocycles. The Kier molecular flexibility index (Phi) is 17.9. The number of rotatable bonds is 16. The van der Waals surface area contributed by atoms with E-state index in [0.29, 0.717) is 5.75 Å². The van der Waals surface area contributed by atoms with Gasteiger partial charge in [0.15, 0.2) is 0 Å². The first-order valence-corrected chi connectivity index (χ1v) is 18.8. The zero-order chi connectivity index (χ0) is 35.2. The van der Waals surface area contributed by atoms with Gasteiger partial charge in [0.1, 0.15) is 43.8 Å². The van der Waals surface area contributed by atoms with Crippen molar-refractivity contribution in [2.24, 2.45) is 0 Å². The van der Waals surface area contributed by atoms with Crippen LogP contribution in [-0.2, 0) is 33.1 Å². The third kappa shape index (κ3) is 14.9. The number of para-hydroxylation sites is 2. The zero-order valence-corrected chi connectivity index (χ0v) is 31.7. The van der Waals surface area contributed by atoms with Crippen molar-refractivity contribution in [1.82, 2.24) is 0 Å². The molecule has 0 amide bonds. The first-order chi connectivity index (χ1) is 22.8. The first-order valence-electron chi connectivity index (χ1n) is 15.9. The Morgan fingerprint density at radius 1 is 0.633 bits per heavy atom. The van der Waals surface area contributed by atoms with Crippen LogP contribution in [0.4, 0.5) is 0 Å². The van der Waals surface area contributed by atoms with E-state index in [-0.39, 0.29) is 71.4 Å². The van der Waals surface area contributed by atoms with Crippen LogP contribution in [0.5, 0.6) is 34.5 Å². The number of aryl methyl sites for hydroxylation is 2. The SMILES string of the molecule is CCCCCCc1cc(O)cc(Oc2ccccc2S(=O)(=O)O)c1.CCCCCCc1cc([O-])cc(Oc2ccccc2S(=O)(=O)[O-])c1.[Ca+2]. The molecular weight excluding hydrogens is 697 g/mol. The molecule has 2 N–H and O–H groups in total. The van der Waals surface area contributed by atoms with Crippen LogP contribution in [0.3, 0.4) is 0 Å². The van der Waals surface area contributed by atoms with Crippen LogP contribution in [0.25, 0.3) is 0 Å². The maximum absolute atomic E-state index is 11.8. The number of benzene rings is 4. The van der Waals surface area contributed by atoms with Crippen molar-refractivity contribution < 1.29 is 45.6 Å². The van der Waals surface area contributed by atoms with E-state index in [1.807, 2.05) is 0 Å². The Labute approximate surface area is 319 Å². The molecule has 4 aromatic carbocycles. The van der Waals surface area contributed by atoms with Crippen LogP contribution >= 0.6 is 0 Å². The smallest absolute Gasteiger partial charge is 0.872 e. The van der Waals surface area contributed by atoms with E-state index in [1.165, 1.54) is 55.0 Å². The number of phenolic OH excluding ortho intramolecular Hbond substituents is 1. The van der Waals surface area contributed by atoms with Crippen LogP contribution in [0.15, 0.2) is 94.7 Å². The molecule has 4 aromatic rings. The van der Waals surface area contributed by atoms with Crippen molar-refractivity contribution in [3.8, 4) is 34.5 Å². The Bertz CT molecular complexity index is 1710. The van der Waals surface area contributed by atoms with Gasteiger partial charge in [0.25, 0.3) is 10.1 Å². The average Bonchev–Trinajstić information content (AvgIpc) is 3.01. The molecule has 10 nitrogen and oxygen atoms in total. The molecule has 0 spiro atoms. The van der Waals surface area contributed by atoms with Crippen LogP contribution in [0.2, 0.25) is 0 Å². The summed E-state index contributed by atoms with van der Waals surface area (Å²) in [6.07, 6.45) is 10.4. The molecule has 13 heteroatoms. The third-order valence-corrected chi connectivity index (χ3v) is 9.00. The Morgan fingerprint density at radius 3 is 1.61 bits per heavy atom. The van der Waals surface area contributed by atoms with Gasteiger partial charge in [-0.1, -0.05) is 82.7 Å². The zero-order valence-electron chi connectivity index (χ0n) is 27.8. The summed E-state index contributed by atoms with van der Waals surface area (Å²) < 4.78 is 77.0. The second-order valence-electron chi connectivity index (χ2n) is 11.3. The second-order valence-corrected chi connectivity index (χ2v) is 14.0. The summed E-state index contributed by atoms with van der Waals surface area (Å²) in [6, 6.07) is 20.8. The van der Waals surface area contributed by atoms with Gasteiger partial charge in [-0.05, 0) is 85.3 Å². The van der Waals surface area contributed by atoms with Crippen molar-refractivity contribution in [2.45, 2.75) is 87.8 Å². The van der Waals surface area contributed by atoms with Crippen molar-refractivity contribution >= 4 is 58.0 Å². The van der Waals surface area contributed by atoms with Gasteiger partial charge in [-0.25, -0.2) is 8.42 Å². The van der Waals surface area contributed by atoms with Crippen LogP contribution < -0.4 is 14.6 Å². The third-order valence-electron chi connectivity index (χ3n) is 7.23. The summed E-state index contributed by atoms with van der Waals surface area (Å²) in [4.78, 5) is -0.747. The first kappa shape index (κ1) is 42.3. The van der Waals surface area contributed by atoms with E-state index in [9.17, 15) is 36.2 Å². The van der Waals surface area contributed by atoms with E-state index in [2.05, 4.69) is 13.8 Å². The maximum Gasteiger partial charge on any atom is 2.00 e. The molecular formula is C36H42CaO10S2. The van der Waals surface area contributed by atoms with E-state index in [0.717, 1.165) is 68.9 Å². The van der Waals surface area contributed by atoms with Crippen LogP contribution in [0, 0.1) is 0 Å². The molecule has 0 atom stereocenters. The van der Waals surface area contributed by atoms with Gasteiger partial charge >= 0.3 is 37.7 Å². The number of hydrogen-bond acceptors (Lipinski definition) is 9. The number of phenols is 1. The Hall–Kier alpha value is -2.84. The molecule has 49 heavy (non-hydrogen) atoms. The fourth-order valence-electron chi connectivity index (χ4n) is 4.93. The summed E-state index contributed by atoms with van der Waals surface area (Å²) in [6.45, 7) is 4.28. The minimum absolute atomic E-state index is 0. The second kappa shape index (κ2) is 20.7. The fourth-order valence-corrected chi connectivity index (χ4v) is 6.15. The minimum Gasteiger partial charge on any atom is -0.872 e. The van der Waals surface area contributed by atoms with Gasteiger partial charge in [0.2, 0.25) is 0 Å². The van der Waals surface area contributed by atoms with E-state index < -0.39 is 25.1 Å². The molecule has 4 rings (SSSR count). The van der Waals surface area contributed by atoms with Crippen LogP contribution in [0.1, 0.15) is 76.3 Å². The number of ether oxygens (including phenoxy) is 2. The van der Waals surface area contributed by atoms with Crippen molar-refractivity contribution in [1.29, 1.82) is 0 Å². The summed E-state index contributed by atoms with van der Waals surface area (Å²) in [5.74, 6) is 0.362. The Balaban J connectivity index is 0.000000333. The van der Waals surface area contributed by atoms with Gasteiger partial charge in [-0.2, -0.15) is 8.42 Å². The normalized spacial score (nSPS) is 11.2. The predicted molar refractivity (Wildman–Crippen MR) is 186 cm³/mol. The minimum atomic E-state index is -4.65. The summed E-state index contributed by atoms with van der Waals surface area (Å²) in [5.41, 5.74) is 1.77. The molecule has 0 saturated heterocycles. The maximum atomic E-state index is 11.8. The van der Waals surface area contributed by atoms with Gasteiger partial charge < -0.3 is 24.2 Å².